The molecule has 2 heterocycles. The van der Waals surface area contributed by atoms with E-state index in [1.165, 1.54) is 16.9 Å². The van der Waals surface area contributed by atoms with Gasteiger partial charge in [-0.15, -0.1) is 11.3 Å². The van der Waals surface area contributed by atoms with E-state index in [-0.39, 0.29) is 30.2 Å². The third kappa shape index (κ3) is 5.32. The van der Waals surface area contributed by atoms with E-state index in [1.807, 2.05) is 29.6 Å². The summed E-state index contributed by atoms with van der Waals surface area (Å²) < 4.78 is 5.27. The standard InChI is InChI=1S/C23H27NO4S/c1-3-16(2)17-6-8-18(9-7-17)20(25)15-28-23(27)19-10-12-24(13-11-19)22(26)21-5-4-14-29-21/h4-9,14,16,19H,3,10-13,15H2,1-2H3/t16-/m0/s1. The number of benzene rings is 1. The lowest BCUT2D eigenvalue weighted by atomic mass is 9.96. The predicted molar refractivity (Wildman–Crippen MR) is 113 cm³/mol. The SMILES string of the molecule is CC[C@H](C)c1ccc(C(=O)COC(=O)C2CCN(C(=O)c3cccs3)CC2)cc1. The molecule has 1 aliphatic rings. The van der Waals surface area contributed by atoms with Gasteiger partial charge in [0.2, 0.25) is 0 Å². The largest absolute Gasteiger partial charge is 0.457 e. The number of piperidine rings is 1. The molecule has 0 unspecified atom stereocenters. The van der Waals surface area contributed by atoms with Crippen LogP contribution in [0.5, 0.6) is 0 Å². The van der Waals surface area contributed by atoms with Gasteiger partial charge in [0.05, 0.1) is 10.8 Å². The molecule has 1 aromatic heterocycles. The van der Waals surface area contributed by atoms with E-state index in [0.29, 0.717) is 37.4 Å². The van der Waals surface area contributed by atoms with Crippen LogP contribution in [0.2, 0.25) is 0 Å². The Bertz CT molecular complexity index is 836. The summed E-state index contributed by atoms with van der Waals surface area (Å²) in [6, 6.07) is 11.2. The monoisotopic (exact) mass is 413 g/mol. The highest BCUT2D eigenvalue weighted by molar-refractivity contribution is 7.12. The number of carbonyl (C=O) groups excluding carboxylic acids is 3. The number of nitrogens with zero attached hydrogens (tertiary/aromatic N) is 1. The second kappa shape index (κ2) is 9.83. The number of hydrogen-bond acceptors (Lipinski definition) is 5. The fraction of sp³-hybridized carbons (Fsp3) is 0.435. The van der Waals surface area contributed by atoms with Gasteiger partial charge in [-0.2, -0.15) is 0 Å². The second-order valence-corrected chi connectivity index (χ2v) is 8.45. The molecule has 3 rings (SSSR count). The van der Waals surface area contributed by atoms with E-state index >= 15 is 0 Å². The molecule has 0 bridgehead atoms. The molecule has 0 saturated carbocycles. The minimum absolute atomic E-state index is 0.0165. The number of likely N-dealkylation sites (tertiary alicyclic amines) is 1. The molecule has 6 heteroatoms. The fourth-order valence-electron chi connectivity index (χ4n) is 3.45. The van der Waals surface area contributed by atoms with Crippen molar-refractivity contribution in [2.24, 2.45) is 5.92 Å². The number of ketones is 1. The predicted octanol–water partition coefficient (Wildman–Crippen LogP) is 4.54. The Labute approximate surface area is 175 Å². The van der Waals surface area contributed by atoms with Gasteiger partial charge in [0.1, 0.15) is 0 Å². The molecule has 0 aliphatic carbocycles. The van der Waals surface area contributed by atoms with E-state index in [1.54, 1.807) is 17.0 Å². The molecule has 0 N–H and O–H groups in total. The van der Waals surface area contributed by atoms with E-state index in [4.69, 9.17) is 4.74 Å². The highest BCUT2D eigenvalue weighted by Crippen LogP contribution is 2.22. The lowest BCUT2D eigenvalue weighted by molar-refractivity contribution is -0.148. The molecule has 1 fully saturated rings. The first-order valence-corrected chi connectivity index (χ1v) is 11.0. The van der Waals surface area contributed by atoms with Crippen molar-refractivity contribution in [3.05, 3.63) is 57.8 Å². The van der Waals surface area contributed by atoms with Crippen LogP contribution in [0.3, 0.4) is 0 Å². The number of Topliss-reactive ketones (excluding diaryl/α,β-unsaturated/α-hetero) is 1. The number of carbonyl (C=O) groups is 3. The minimum atomic E-state index is -0.349. The van der Waals surface area contributed by atoms with Gasteiger partial charge in [-0.1, -0.05) is 44.2 Å². The Hall–Kier alpha value is -2.47. The van der Waals surface area contributed by atoms with Gasteiger partial charge in [-0.25, -0.2) is 0 Å². The molecular weight excluding hydrogens is 386 g/mol. The van der Waals surface area contributed by atoms with Gasteiger partial charge in [0, 0.05) is 18.7 Å². The maximum atomic E-state index is 12.4. The Kier molecular flexibility index (Phi) is 7.20. The number of ether oxygens (including phenoxy) is 1. The summed E-state index contributed by atoms with van der Waals surface area (Å²) in [7, 11) is 0. The summed E-state index contributed by atoms with van der Waals surface area (Å²) in [5.41, 5.74) is 1.76. The summed E-state index contributed by atoms with van der Waals surface area (Å²) in [6.07, 6.45) is 2.17. The zero-order valence-electron chi connectivity index (χ0n) is 16.9. The molecule has 1 amide bonds. The third-order valence-electron chi connectivity index (χ3n) is 5.61. The van der Waals surface area contributed by atoms with Crippen molar-refractivity contribution in [1.29, 1.82) is 0 Å². The van der Waals surface area contributed by atoms with E-state index < -0.39 is 0 Å². The van der Waals surface area contributed by atoms with E-state index in [9.17, 15) is 14.4 Å². The second-order valence-electron chi connectivity index (χ2n) is 7.51. The Morgan fingerprint density at radius 3 is 2.41 bits per heavy atom. The Balaban J connectivity index is 1.45. The van der Waals surface area contributed by atoms with E-state index in [0.717, 1.165) is 11.3 Å². The van der Waals surface area contributed by atoms with Crippen molar-refractivity contribution in [2.45, 2.75) is 39.0 Å². The smallest absolute Gasteiger partial charge is 0.309 e. The van der Waals surface area contributed by atoms with Gasteiger partial charge in [0.15, 0.2) is 12.4 Å². The lowest BCUT2D eigenvalue weighted by Gasteiger charge is -2.30. The molecule has 1 atom stereocenters. The highest BCUT2D eigenvalue weighted by Gasteiger charge is 2.29. The maximum absolute atomic E-state index is 12.4. The molecule has 1 aliphatic heterocycles. The van der Waals surface area contributed by atoms with Crippen LogP contribution in [0.15, 0.2) is 41.8 Å². The zero-order valence-corrected chi connectivity index (χ0v) is 17.7. The zero-order chi connectivity index (χ0) is 20.8. The maximum Gasteiger partial charge on any atom is 0.309 e. The Morgan fingerprint density at radius 2 is 1.83 bits per heavy atom. The number of amides is 1. The highest BCUT2D eigenvalue weighted by atomic mass is 32.1. The number of esters is 1. The normalized spacial score (nSPS) is 15.7. The van der Waals surface area contributed by atoms with Crippen molar-refractivity contribution >= 4 is 29.0 Å². The molecule has 1 aromatic carbocycles. The molecule has 0 radical (unpaired) electrons. The fourth-order valence-corrected chi connectivity index (χ4v) is 4.14. The summed E-state index contributed by atoms with van der Waals surface area (Å²) >= 11 is 1.42. The van der Waals surface area contributed by atoms with Crippen molar-refractivity contribution in [3.8, 4) is 0 Å². The van der Waals surface area contributed by atoms with Crippen LogP contribution in [0.25, 0.3) is 0 Å². The van der Waals surface area contributed by atoms with Crippen LogP contribution in [-0.2, 0) is 9.53 Å². The summed E-state index contributed by atoms with van der Waals surface area (Å²) in [6.45, 7) is 5.10. The average Bonchev–Trinajstić information content (AvgIpc) is 3.31. The van der Waals surface area contributed by atoms with Gasteiger partial charge in [0.25, 0.3) is 5.91 Å². The topological polar surface area (TPSA) is 63.7 Å². The lowest BCUT2D eigenvalue weighted by Crippen LogP contribution is -2.40. The van der Waals surface area contributed by atoms with Crippen molar-refractivity contribution in [2.75, 3.05) is 19.7 Å². The van der Waals surface area contributed by atoms with Gasteiger partial charge < -0.3 is 9.64 Å². The first-order valence-electron chi connectivity index (χ1n) is 10.1. The van der Waals surface area contributed by atoms with Crippen LogP contribution < -0.4 is 0 Å². The molecule has 1 saturated heterocycles. The molecular formula is C23H27NO4S. The van der Waals surface area contributed by atoms with E-state index in [2.05, 4.69) is 13.8 Å². The average molecular weight is 414 g/mol. The molecule has 29 heavy (non-hydrogen) atoms. The van der Waals surface area contributed by atoms with Crippen LogP contribution in [0.4, 0.5) is 0 Å². The molecule has 154 valence electrons. The quantitative estimate of drug-likeness (QED) is 0.494. The van der Waals surface area contributed by atoms with Crippen molar-refractivity contribution < 1.29 is 19.1 Å². The summed E-state index contributed by atoms with van der Waals surface area (Å²) in [5.74, 6) is -0.336. The third-order valence-corrected chi connectivity index (χ3v) is 6.46. The number of rotatable bonds is 7. The number of thiophene rings is 1. The number of hydrogen-bond donors (Lipinski definition) is 0. The van der Waals surface area contributed by atoms with Crippen molar-refractivity contribution in [3.63, 3.8) is 0 Å². The van der Waals surface area contributed by atoms with Crippen LogP contribution >= 0.6 is 11.3 Å². The summed E-state index contributed by atoms with van der Waals surface area (Å²) in [4.78, 5) is 39.5. The minimum Gasteiger partial charge on any atom is -0.457 e. The summed E-state index contributed by atoms with van der Waals surface area (Å²) in [5, 5.41) is 1.88. The molecule has 5 nitrogen and oxygen atoms in total. The van der Waals surface area contributed by atoms with Crippen molar-refractivity contribution in [1.82, 2.24) is 4.90 Å². The Morgan fingerprint density at radius 1 is 1.14 bits per heavy atom. The van der Waals surface area contributed by atoms with Gasteiger partial charge in [-0.3, -0.25) is 14.4 Å². The molecule has 2 aromatic rings. The first kappa shape index (κ1) is 21.2. The van der Waals surface area contributed by atoms with Crippen LogP contribution in [0, 0.1) is 5.92 Å². The van der Waals surface area contributed by atoms with Crippen LogP contribution in [0.1, 0.15) is 64.6 Å². The van der Waals surface area contributed by atoms with Gasteiger partial charge >= 0.3 is 5.97 Å². The van der Waals surface area contributed by atoms with Crippen LogP contribution in [-0.4, -0.2) is 42.3 Å². The van der Waals surface area contributed by atoms with Gasteiger partial charge in [-0.05, 0) is 42.2 Å². The first-order chi connectivity index (χ1) is 14.0. The molecule has 0 spiro atoms.